The molecular weight excluding hydrogens is 236 g/mol. The first-order chi connectivity index (χ1) is 9.24. The predicted molar refractivity (Wildman–Crippen MR) is 80.6 cm³/mol. The number of anilines is 1. The fraction of sp³-hybridized carbons (Fsp3) is 0.625. The molecule has 0 aromatic heterocycles. The Morgan fingerprint density at radius 1 is 1.37 bits per heavy atom. The van der Waals surface area contributed by atoms with Gasteiger partial charge in [-0.25, -0.2) is 0 Å². The van der Waals surface area contributed by atoms with Crippen LogP contribution in [0.5, 0.6) is 0 Å². The van der Waals surface area contributed by atoms with Gasteiger partial charge in [-0.2, -0.15) is 0 Å². The Balaban J connectivity index is 1.98. The molecule has 3 heteroatoms. The largest absolute Gasteiger partial charge is 0.383 e. The fourth-order valence-corrected chi connectivity index (χ4v) is 2.52. The van der Waals surface area contributed by atoms with E-state index < -0.39 is 0 Å². The van der Waals surface area contributed by atoms with Gasteiger partial charge in [-0.3, -0.25) is 0 Å². The molecule has 0 aliphatic heterocycles. The molecule has 1 aliphatic carbocycles. The van der Waals surface area contributed by atoms with Crippen LogP contribution in [0.2, 0.25) is 0 Å². The second kappa shape index (κ2) is 6.92. The SMILES string of the molecule is COCCNCc1ccccc1N(C)C(C)C1CC1. The van der Waals surface area contributed by atoms with E-state index in [2.05, 4.69) is 48.5 Å². The molecule has 0 radical (unpaired) electrons. The van der Waals surface area contributed by atoms with E-state index in [1.54, 1.807) is 7.11 Å². The summed E-state index contributed by atoms with van der Waals surface area (Å²) in [6.07, 6.45) is 2.78. The number of hydrogen-bond acceptors (Lipinski definition) is 3. The van der Waals surface area contributed by atoms with Crippen molar-refractivity contribution in [2.45, 2.75) is 32.4 Å². The number of rotatable bonds is 8. The molecule has 1 aromatic carbocycles. The van der Waals surface area contributed by atoms with Gasteiger partial charge in [0.15, 0.2) is 0 Å². The van der Waals surface area contributed by atoms with Gasteiger partial charge in [0.25, 0.3) is 0 Å². The molecule has 0 bridgehead atoms. The molecular formula is C16H26N2O. The van der Waals surface area contributed by atoms with E-state index in [4.69, 9.17) is 4.74 Å². The Kier molecular flexibility index (Phi) is 5.23. The number of para-hydroxylation sites is 1. The van der Waals surface area contributed by atoms with Crippen LogP contribution < -0.4 is 10.2 Å². The van der Waals surface area contributed by atoms with Gasteiger partial charge in [-0.15, -0.1) is 0 Å². The normalized spacial score (nSPS) is 16.4. The Morgan fingerprint density at radius 3 is 2.79 bits per heavy atom. The first-order valence-electron chi connectivity index (χ1n) is 7.24. The molecule has 1 saturated carbocycles. The summed E-state index contributed by atoms with van der Waals surface area (Å²) in [6, 6.07) is 9.33. The maximum Gasteiger partial charge on any atom is 0.0587 e. The number of nitrogens with one attached hydrogen (secondary N) is 1. The minimum atomic E-state index is 0.639. The van der Waals surface area contributed by atoms with E-state index in [1.165, 1.54) is 24.1 Å². The molecule has 0 amide bonds. The second-order valence-electron chi connectivity index (χ2n) is 5.49. The molecule has 1 aromatic rings. The first kappa shape index (κ1) is 14.4. The lowest BCUT2D eigenvalue weighted by Gasteiger charge is -2.29. The minimum Gasteiger partial charge on any atom is -0.383 e. The standard InChI is InChI=1S/C16H26N2O/c1-13(14-8-9-14)18(2)16-7-5-4-6-15(16)12-17-10-11-19-3/h4-7,13-14,17H,8-12H2,1-3H3. The number of benzene rings is 1. The van der Waals surface area contributed by atoms with E-state index >= 15 is 0 Å². The van der Waals surface area contributed by atoms with Crippen LogP contribution in [0.3, 0.4) is 0 Å². The van der Waals surface area contributed by atoms with Crippen molar-refractivity contribution >= 4 is 5.69 Å². The van der Waals surface area contributed by atoms with Crippen molar-refractivity contribution in [3.8, 4) is 0 Å². The van der Waals surface area contributed by atoms with Crippen molar-refractivity contribution in [3.63, 3.8) is 0 Å². The van der Waals surface area contributed by atoms with Crippen LogP contribution in [0, 0.1) is 5.92 Å². The smallest absolute Gasteiger partial charge is 0.0587 e. The van der Waals surface area contributed by atoms with Gasteiger partial charge in [-0.1, -0.05) is 18.2 Å². The van der Waals surface area contributed by atoms with Crippen LogP contribution in [-0.4, -0.2) is 33.4 Å². The molecule has 0 spiro atoms. The lowest BCUT2D eigenvalue weighted by Crippen LogP contribution is -2.32. The molecule has 1 aliphatic rings. The van der Waals surface area contributed by atoms with Crippen molar-refractivity contribution < 1.29 is 4.74 Å². The molecule has 3 nitrogen and oxygen atoms in total. The van der Waals surface area contributed by atoms with Crippen LogP contribution in [0.1, 0.15) is 25.3 Å². The quantitative estimate of drug-likeness (QED) is 0.729. The molecule has 19 heavy (non-hydrogen) atoms. The Hall–Kier alpha value is -1.06. The zero-order chi connectivity index (χ0) is 13.7. The van der Waals surface area contributed by atoms with Gasteiger partial charge in [-0.05, 0) is 37.3 Å². The van der Waals surface area contributed by atoms with Crippen molar-refractivity contribution in [1.29, 1.82) is 0 Å². The summed E-state index contributed by atoms with van der Waals surface area (Å²) in [7, 11) is 3.96. The van der Waals surface area contributed by atoms with Crippen LogP contribution in [0.15, 0.2) is 24.3 Å². The summed E-state index contributed by atoms with van der Waals surface area (Å²) in [5, 5.41) is 3.43. The summed E-state index contributed by atoms with van der Waals surface area (Å²) >= 11 is 0. The maximum atomic E-state index is 5.06. The van der Waals surface area contributed by atoms with Gasteiger partial charge >= 0.3 is 0 Å². The van der Waals surface area contributed by atoms with Gasteiger partial charge in [0, 0.05) is 39.0 Å². The van der Waals surface area contributed by atoms with E-state index in [0.717, 1.165) is 25.6 Å². The third kappa shape index (κ3) is 3.95. The van der Waals surface area contributed by atoms with Crippen LogP contribution >= 0.6 is 0 Å². The molecule has 0 saturated heterocycles. The minimum absolute atomic E-state index is 0.639. The van der Waals surface area contributed by atoms with Gasteiger partial charge in [0.05, 0.1) is 6.61 Å². The zero-order valence-corrected chi connectivity index (χ0v) is 12.4. The Bertz CT molecular complexity index is 390. The topological polar surface area (TPSA) is 24.5 Å². The van der Waals surface area contributed by atoms with Crippen molar-refractivity contribution in [1.82, 2.24) is 5.32 Å². The maximum absolute atomic E-state index is 5.06. The number of hydrogen-bond donors (Lipinski definition) is 1. The molecule has 1 N–H and O–H groups in total. The molecule has 106 valence electrons. The molecule has 1 atom stereocenters. The lowest BCUT2D eigenvalue weighted by molar-refractivity contribution is 0.199. The second-order valence-corrected chi connectivity index (χ2v) is 5.49. The third-order valence-corrected chi connectivity index (χ3v) is 4.09. The third-order valence-electron chi connectivity index (χ3n) is 4.09. The molecule has 1 fully saturated rings. The number of methoxy groups -OCH3 is 1. The van der Waals surface area contributed by atoms with Gasteiger partial charge in [0.2, 0.25) is 0 Å². The highest BCUT2D eigenvalue weighted by Gasteiger charge is 2.31. The number of ether oxygens (including phenoxy) is 1. The Labute approximate surface area is 116 Å². The molecule has 2 rings (SSSR count). The summed E-state index contributed by atoms with van der Waals surface area (Å²) in [6.45, 7) is 4.90. The van der Waals surface area contributed by atoms with E-state index in [9.17, 15) is 0 Å². The summed E-state index contributed by atoms with van der Waals surface area (Å²) < 4.78 is 5.06. The highest BCUT2D eigenvalue weighted by molar-refractivity contribution is 5.54. The molecule has 0 heterocycles. The van der Waals surface area contributed by atoms with Crippen LogP contribution in [0.4, 0.5) is 5.69 Å². The van der Waals surface area contributed by atoms with Crippen molar-refractivity contribution in [2.75, 3.05) is 32.2 Å². The highest BCUT2D eigenvalue weighted by Crippen LogP contribution is 2.36. The Morgan fingerprint density at radius 2 is 2.11 bits per heavy atom. The highest BCUT2D eigenvalue weighted by atomic mass is 16.5. The summed E-state index contributed by atoms with van der Waals surface area (Å²) in [5.41, 5.74) is 2.72. The lowest BCUT2D eigenvalue weighted by atomic mass is 10.1. The summed E-state index contributed by atoms with van der Waals surface area (Å²) in [4.78, 5) is 2.44. The van der Waals surface area contributed by atoms with Crippen molar-refractivity contribution in [3.05, 3.63) is 29.8 Å². The van der Waals surface area contributed by atoms with Gasteiger partial charge in [0.1, 0.15) is 0 Å². The van der Waals surface area contributed by atoms with E-state index in [0.29, 0.717) is 6.04 Å². The molecule has 1 unspecified atom stereocenters. The van der Waals surface area contributed by atoms with E-state index in [1.807, 2.05) is 0 Å². The van der Waals surface area contributed by atoms with Crippen LogP contribution in [-0.2, 0) is 11.3 Å². The van der Waals surface area contributed by atoms with Gasteiger partial charge < -0.3 is 15.0 Å². The fourth-order valence-electron chi connectivity index (χ4n) is 2.52. The predicted octanol–water partition coefficient (Wildman–Crippen LogP) is 2.66. The average molecular weight is 262 g/mol. The summed E-state index contributed by atoms with van der Waals surface area (Å²) in [5.74, 6) is 0.888. The number of nitrogens with zero attached hydrogens (tertiary/aromatic N) is 1. The van der Waals surface area contributed by atoms with Crippen LogP contribution in [0.25, 0.3) is 0 Å². The van der Waals surface area contributed by atoms with Crippen molar-refractivity contribution in [2.24, 2.45) is 5.92 Å². The zero-order valence-electron chi connectivity index (χ0n) is 12.4. The average Bonchev–Trinajstić information content (AvgIpc) is 3.27. The monoisotopic (exact) mass is 262 g/mol. The van der Waals surface area contributed by atoms with E-state index in [-0.39, 0.29) is 0 Å². The first-order valence-corrected chi connectivity index (χ1v) is 7.24.